The van der Waals surface area contributed by atoms with E-state index in [2.05, 4.69) is 48.1 Å². The fourth-order valence-corrected chi connectivity index (χ4v) is 2.39. The second-order valence-corrected chi connectivity index (χ2v) is 4.73. The number of likely N-dealkylation sites (N-methyl/N-ethyl adjacent to an activating group) is 1. The summed E-state index contributed by atoms with van der Waals surface area (Å²) in [5, 5.41) is 0. The van der Waals surface area contributed by atoms with Crippen molar-refractivity contribution in [3.8, 4) is 11.3 Å². The van der Waals surface area contributed by atoms with Crippen LogP contribution in [0.5, 0.6) is 0 Å². The molecule has 2 nitrogen and oxygen atoms in total. The molecule has 1 aliphatic rings. The normalized spacial score (nSPS) is 13.9. The van der Waals surface area contributed by atoms with Crippen LogP contribution in [0.4, 0.5) is 5.69 Å². The maximum absolute atomic E-state index is 4.44. The number of aromatic nitrogens is 1. The molecule has 1 aliphatic heterocycles. The predicted octanol–water partition coefficient (Wildman–Crippen LogP) is 3.05. The Balaban J connectivity index is 2.08. The molecule has 0 aliphatic carbocycles. The van der Waals surface area contributed by atoms with Crippen molar-refractivity contribution in [1.29, 1.82) is 0 Å². The van der Waals surface area contributed by atoms with Crippen LogP contribution in [-0.4, -0.2) is 18.6 Å². The zero-order chi connectivity index (χ0) is 11.8. The Bertz CT molecular complexity index is 561. The summed E-state index contributed by atoms with van der Waals surface area (Å²) in [4.78, 5) is 6.76. The van der Waals surface area contributed by atoms with Crippen LogP contribution in [0.1, 0.15) is 11.1 Å². The van der Waals surface area contributed by atoms with Crippen molar-refractivity contribution in [3.05, 3.63) is 47.7 Å². The van der Waals surface area contributed by atoms with Gasteiger partial charge in [0, 0.05) is 31.0 Å². The lowest BCUT2D eigenvalue weighted by atomic mass is 10.1. The Labute approximate surface area is 102 Å². The molecule has 0 spiro atoms. The Hall–Kier alpha value is -1.83. The highest BCUT2D eigenvalue weighted by atomic mass is 15.1. The summed E-state index contributed by atoms with van der Waals surface area (Å²) < 4.78 is 0. The van der Waals surface area contributed by atoms with Crippen molar-refractivity contribution in [3.63, 3.8) is 0 Å². The smallest absolute Gasteiger partial charge is 0.0705 e. The maximum atomic E-state index is 4.44. The van der Waals surface area contributed by atoms with Gasteiger partial charge in [0.25, 0.3) is 0 Å². The highest BCUT2D eigenvalue weighted by molar-refractivity contribution is 5.70. The first kappa shape index (κ1) is 10.3. The van der Waals surface area contributed by atoms with Gasteiger partial charge in [-0.3, -0.25) is 4.98 Å². The van der Waals surface area contributed by atoms with Crippen molar-refractivity contribution in [2.24, 2.45) is 0 Å². The molecule has 0 atom stereocenters. The molecule has 0 fully saturated rings. The Morgan fingerprint density at radius 3 is 2.88 bits per heavy atom. The lowest BCUT2D eigenvalue weighted by Crippen LogP contribution is -2.12. The molecule has 0 N–H and O–H groups in total. The molecule has 0 amide bonds. The van der Waals surface area contributed by atoms with Gasteiger partial charge in [-0.1, -0.05) is 12.1 Å². The predicted molar refractivity (Wildman–Crippen MR) is 71.4 cm³/mol. The minimum Gasteiger partial charge on any atom is -0.374 e. The summed E-state index contributed by atoms with van der Waals surface area (Å²) >= 11 is 0. The summed E-state index contributed by atoms with van der Waals surface area (Å²) in [6.07, 6.45) is 3.04. The molecule has 0 bridgehead atoms. The molecule has 0 saturated heterocycles. The number of hydrogen-bond acceptors (Lipinski definition) is 2. The fraction of sp³-hybridized carbons (Fsp3) is 0.267. The Kier molecular flexibility index (Phi) is 2.36. The van der Waals surface area contributed by atoms with Gasteiger partial charge in [-0.2, -0.15) is 0 Å². The number of pyridine rings is 1. The number of hydrogen-bond donors (Lipinski definition) is 0. The SMILES string of the molecule is Cc1ccnc(-c2ccc3c(c2)N(C)CC3)c1. The van der Waals surface area contributed by atoms with Crippen LogP contribution in [-0.2, 0) is 6.42 Å². The molecule has 17 heavy (non-hydrogen) atoms. The zero-order valence-corrected chi connectivity index (χ0v) is 10.3. The van der Waals surface area contributed by atoms with E-state index in [9.17, 15) is 0 Å². The zero-order valence-electron chi connectivity index (χ0n) is 10.3. The molecule has 0 radical (unpaired) electrons. The van der Waals surface area contributed by atoms with Crippen molar-refractivity contribution in [1.82, 2.24) is 4.98 Å². The summed E-state index contributed by atoms with van der Waals surface area (Å²) in [5.74, 6) is 0. The van der Waals surface area contributed by atoms with Gasteiger partial charge in [0.1, 0.15) is 0 Å². The van der Waals surface area contributed by atoms with Crippen LogP contribution >= 0.6 is 0 Å². The summed E-state index contributed by atoms with van der Waals surface area (Å²) in [6, 6.07) is 10.8. The van der Waals surface area contributed by atoms with Crippen molar-refractivity contribution in [2.45, 2.75) is 13.3 Å². The van der Waals surface area contributed by atoms with E-state index in [1.54, 1.807) is 0 Å². The molecular formula is C15H16N2. The quantitative estimate of drug-likeness (QED) is 0.740. The monoisotopic (exact) mass is 224 g/mol. The highest BCUT2D eigenvalue weighted by Gasteiger charge is 2.16. The molecule has 2 aromatic rings. The van der Waals surface area contributed by atoms with E-state index in [1.165, 1.54) is 22.4 Å². The molecule has 1 aromatic heterocycles. The number of anilines is 1. The van der Waals surface area contributed by atoms with Gasteiger partial charge >= 0.3 is 0 Å². The van der Waals surface area contributed by atoms with Crippen molar-refractivity contribution < 1.29 is 0 Å². The van der Waals surface area contributed by atoms with Gasteiger partial charge in [-0.15, -0.1) is 0 Å². The van der Waals surface area contributed by atoms with E-state index in [-0.39, 0.29) is 0 Å². The number of rotatable bonds is 1. The minimum atomic E-state index is 1.06. The van der Waals surface area contributed by atoms with Crippen LogP contribution in [0.2, 0.25) is 0 Å². The van der Waals surface area contributed by atoms with Crippen LogP contribution in [0.25, 0.3) is 11.3 Å². The van der Waals surface area contributed by atoms with E-state index in [0.29, 0.717) is 0 Å². The van der Waals surface area contributed by atoms with Gasteiger partial charge in [0.05, 0.1) is 5.69 Å². The van der Waals surface area contributed by atoms with E-state index >= 15 is 0 Å². The first-order valence-corrected chi connectivity index (χ1v) is 6.01. The topological polar surface area (TPSA) is 16.1 Å². The van der Waals surface area contributed by atoms with Crippen LogP contribution in [0.15, 0.2) is 36.5 Å². The van der Waals surface area contributed by atoms with Gasteiger partial charge < -0.3 is 4.90 Å². The van der Waals surface area contributed by atoms with E-state index < -0.39 is 0 Å². The van der Waals surface area contributed by atoms with Crippen molar-refractivity contribution >= 4 is 5.69 Å². The van der Waals surface area contributed by atoms with E-state index in [0.717, 1.165) is 18.7 Å². The molecule has 3 rings (SSSR count). The third kappa shape index (κ3) is 1.80. The standard InChI is InChI=1S/C15H16N2/c1-11-5-7-16-14(9-11)13-4-3-12-6-8-17(2)15(12)10-13/h3-5,7,9-10H,6,8H2,1-2H3. The second kappa shape index (κ2) is 3.88. The van der Waals surface area contributed by atoms with Crippen LogP contribution < -0.4 is 4.90 Å². The van der Waals surface area contributed by atoms with Gasteiger partial charge in [0.2, 0.25) is 0 Å². The minimum absolute atomic E-state index is 1.06. The molecular weight excluding hydrogens is 208 g/mol. The highest BCUT2D eigenvalue weighted by Crippen LogP contribution is 2.31. The Morgan fingerprint density at radius 1 is 1.18 bits per heavy atom. The lowest BCUT2D eigenvalue weighted by molar-refractivity contribution is 0.956. The molecule has 2 heteroatoms. The molecule has 0 unspecified atom stereocenters. The van der Waals surface area contributed by atoms with Gasteiger partial charge in [-0.05, 0) is 42.7 Å². The maximum Gasteiger partial charge on any atom is 0.0705 e. The first-order chi connectivity index (χ1) is 8.24. The largest absolute Gasteiger partial charge is 0.374 e. The van der Waals surface area contributed by atoms with E-state index in [4.69, 9.17) is 0 Å². The van der Waals surface area contributed by atoms with Crippen LogP contribution in [0.3, 0.4) is 0 Å². The third-order valence-electron chi connectivity index (χ3n) is 3.42. The van der Waals surface area contributed by atoms with Crippen molar-refractivity contribution in [2.75, 3.05) is 18.5 Å². The molecule has 86 valence electrons. The molecule has 1 aromatic carbocycles. The Morgan fingerprint density at radius 2 is 2.06 bits per heavy atom. The van der Waals surface area contributed by atoms with Crippen LogP contribution in [0, 0.1) is 6.92 Å². The van der Waals surface area contributed by atoms with Gasteiger partial charge in [-0.25, -0.2) is 0 Å². The summed E-state index contributed by atoms with van der Waals surface area (Å²) in [6.45, 7) is 3.23. The summed E-state index contributed by atoms with van der Waals surface area (Å²) in [7, 11) is 2.15. The van der Waals surface area contributed by atoms with E-state index in [1.807, 2.05) is 12.3 Å². The average molecular weight is 224 g/mol. The van der Waals surface area contributed by atoms with Gasteiger partial charge in [0.15, 0.2) is 0 Å². The number of fused-ring (bicyclic) bond motifs is 1. The number of nitrogens with zero attached hydrogens (tertiary/aromatic N) is 2. The first-order valence-electron chi connectivity index (χ1n) is 6.01. The molecule has 2 heterocycles. The third-order valence-corrected chi connectivity index (χ3v) is 3.42. The second-order valence-electron chi connectivity index (χ2n) is 4.73. The average Bonchev–Trinajstić information content (AvgIpc) is 2.71. The number of aryl methyl sites for hydroxylation is 1. The fourth-order valence-electron chi connectivity index (χ4n) is 2.39. The molecule has 0 saturated carbocycles. The lowest BCUT2D eigenvalue weighted by Gasteiger charge is -2.13. The summed E-state index contributed by atoms with van der Waals surface area (Å²) in [5.41, 5.74) is 6.33. The number of benzene rings is 1.